The van der Waals surface area contributed by atoms with Gasteiger partial charge >= 0.3 is 0 Å². The zero-order chi connectivity index (χ0) is 14.0. The van der Waals surface area contributed by atoms with Crippen LogP contribution in [0, 0.1) is 0 Å². The highest BCUT2D eigenvalue weighted by molar-refractivity contribution is 7.85. The largest absolute Gasteiger partial charge is 0.411 e. The molecule has 0 atom stereocenters. The maximum absolute atomic E-state index is 10.8. The number of rotatable bonds is 4. The highest BCUT2D eigenvalue weighted by atomic mass is 35.5. The molecule has 0 saturated heterocycles. The van der Waals surface area contributed by atoms with E-state index in [0.29, 0.717) is 10.0 Å². The summed E-state index contributed by atoms with van der Waals surface area (Å²) in [6.45, 7) is 0.0422. The van der Waals surface area contributed by atoms with E-state index in [1.165, 1.54) is 17.6 Å². The SMILES string of the molecule is O=S(=O)(O)CC[n+]1c(C=NO)sc2ccc(Cl)cc21. The first-order chi connectivity index (χ1) is 8.90. The number of thiazole rings is 1. The van der Waals surface area contributed by atoms with Crippen LogP contribution >= 0.6 is 22.9 Å². The van der Waals surface area contributed by atoms with E-state index in [0.717, 1.165) is 10.2 Å². The molecule has 2 aromatic rings. The van der Waals surface area contributed by atoms with E-state index in [1.807, 2.05) is 0 Å². The quantitative estimate of drug-likeness (QED) is 0.294. The molecule has 0 saturated carbocycles. The van der Waals surface area contributed by atoms with Crippen molar-refractivity contribution in [3.05, 3.63) is 28.2 Å². The van der Waals surface area contributed by atoms with Gasteiger partial charge in [0.05, 0.1) is 0 Å². The summed E-state index contributed by atoms with van der Waals surface area (Å²) in [5, 5.41) is 12.6. The Hall–Kier alpha value is -1.22. The van der Waals surface area contributed by atoms with Gasteiger partial charge in [-0.05, 0) is 12.1 Å². The van der Waals surface area contributed by atoms with E-state index in [-0.39, 0.29) is 6.54 Å². The number of aromatic nitrogens is 1. The molecular weight excluding hydrogens is 312 g/mol. The van der Waals surface area contributed by atoms with Crippen molar-refractivity contribution in [3.63, 3.8) is 0 Å². The van der Waals surface area contributed by atoms with Gasteiger partial charge in [0.15, 0.2) is 6.54 Å². The Labute approximate surface area is 118 Å². The predicted molar refractivity (Wildman–Crippen MR) is 72.8 cm³/mol. The molecule has 0 fully saturated rings. The smallest absolute Gasteiger partial charge is 0.284 e. The van der Waals surface area contributed by atoms with Gasteiger partial charge in [0.25, 0.3) is 15.1 Å². The lowest BCUT2D eigenvalue weighted by Gasteiger charge is -1.96. The summed E-state index contributed by atoms with van der Waals surface area (Å²) in [5.41, 5.74) is 0.719. The summed E-state index contributed by atoms with van der Waals surface area (Å²) in [6.07, 6.45) is 1.21. The third-order valence-corrected chi connectivity index (χ3v) is 4.47. The van der Waals surface area contributed by atoms with Gasteiger partial charge in [-0.3, -0.25) is 4.55 Å². The molecule has 0 aliphatic heterocycles. The van der Waals surface area contributed by atoms with Crippen LogP contribution in [-0.2, 0) is 16.7 Å². The molecule has 2 N–H and O–H groups in total. The summed E-state index contributed by atoms with van der Waals surface area (Å²) in [5.74, 6) is -0.428. The zero-order valence-electron chi connectivity index (χ0n) is 9.52. The Morgan fingerprint density at radius 1 is 1.47 bits per heavy atom. The van der Waals surface area contributed by atoms with Crippen LogP contribution in [0.2, 0.25) is 5.02 Å². The van der Waals surface area contributed by atoms with Crippen LogP contribution in [0.15, 0.2) is 23.4 Å². The van der Waals surface area contributed by atoms with E-state index in [4.69, 9.17) is 21.4 Å². The number of aryl methyl sites for hydroxylation is 1. The van der Waals surface area contributed by atoms with Crippen molar-refractivity contribution in [1.82, 2.24) is 0 Å². The van der Waals surface area contributed by atoms with Crippen molar-refractivity contribution in [2.45, 2.75) is 6.54 Å². The second-order valence-corrected chi connectivity index (χ2v) is 6.81. The summed E-state index contributed by atoms with van der Waals surface area (Å²) in [4.78, 5) is 0. The van der Waals surface area contributed by atoms with Gasteiger partial charge in [0, 0.05) is 11.1 Å². The minimum atomic E-state index is -4.07. The van der Waals surface area contributed by atoms with Crippen LogP contribution in [0.1, 0.15) is 5.01 Å². The topological polar surface area (TPSA) is 90.8 Å². The van der Waals surface area contributed by atoms with E-state index >= 15 is 0 Å². The van der Waals surface area contributed by atoms with Crippen molar-refractivity contribution < 1.29 is 22.7 Å². The molecule has 6 nitrogen and oxygen atoms in total. The van der Waals surface area contributed by atoms with Crippen molar-refractivity contribution in [1.29, 1.82) is 0 Å². The van der Waals surface area contributed by atoms with Crippen LogP contribution in [-0.4, -0.2) is 30.1 Å². The second kappa shape index (κ2) is 5.41. The summed E-state index contributed by atoms with van der Waals surface area (Å²) in [6, 6.07) is 5.19. The minimum absolute atomic E-state index is 0.0422. The highest BCUT2D eigenvalue weighted by Gasteiger charge is 2.21. The second-order valence-electron chi connectivity index (χ2n) is 3.73. The first-order valence-corrected chi connectivity index (χ1v) is 7.95. The van der Waals surface area contributed by atoms with Crippen LogP contribution in [0.3, 0.4) is 0 Å². The molecule has 2 rings (SSSR count). The van der Waals surface area contributed by atoms with Gasteiger partial charge in [0.1, 0.15) is 16.7 Å². The summed E-state index contributed by atoms with van der Waals surface area (Å²) < 4.78 is 33.0. The average Bonchev–Trinajstić information content (AvgIpc) is 2.63. The molecule has 102 valence electrons. The Kier molecular flexibility index (Phi) is 4.04. The predicted octanol–water partition coefficient (Wildman–Crippen LogP) is 1.54. The molecule has 1 aromatic heterocycles. The molecule has 0 unspecified atom stereocenters. The van der Waals surface area contributed by atoms with Gasteiger partial charge < -0.3 is 5.21 Å². The van der Waals surface area contributed by atoms with Crippen LogP contribution < -0.4 is 4.57 Å². The monoisotopic (exact) mass is 321 g/mol. The number of fused-ring (bicyclic) bond motifs is 1. The van der Waals surface area contributed by atoms with Gasteiger partial charge in [-0.2, -0.15) is 13.0 Å². The molecule has 9 heteroatoms. The molecule has 1 aromatic carbocycles. The van der Waals surface area contributed by atoms with Gasteiger partial charge in [-0.1, -0.05) is 28.1 Å². The molecule has 0 aliphatic rings. The van der Waals surface area contributed by atoms with Crippen LogP contribution in [0.5, 0.6) is 0 Å². The number of benzene rings is 1. The van der Waals surface area contributed by atoms with E-state index < -0.39 is 15.9 Å². The Bertz CT molecular complexity index is 739. The Morgan fingerprint density at radius 3 is 2.84 bits per heavy atom. The fourth-order valence-corrected chi connectivity index (χ4v) is 3.27. The average molecular weight is 322 g/mol. The molecule has 0 spiro atoms. The number of hydrogen-bond donors (Lipinski definition) is 2. The molecule has 0 radical (unpaired) electrons. The number of oxime groups is 1. The third-order valence-electron chi connectivity index (χ3n) is 2.43. The molecule has 0 amide bonds. The highest BCUT2D eigenvalue weighted by Crippen LogP contribution is 2.23. The Balaban J connectivity index is 2.53. The standard InChI is InChI=1S/C10H9ClN2O4S2/c11-7-1-2-9-8(5-7)13(3-4-19(15,16)17)10(18-9)6-12-14/h1-2,5-6H,3-4H2,(H,15,16,17)/p+1. The Morgan fingerprint density at radius 2 is 2.21 bits per heavy atom. The van der Waals surface area contributed by atoms with Gasteiger partial charge in [-0.15, -0.1) is 0 Å². The number of halogens is 1. The lowest BCUT2D eigenvalue weighted by Crippen LogP contribution is -2.39. The molecular formula is C10H10ClN2O4S2+. The van der Waals surface area contributed by atoms with Crippen LogP contribution in [0.4, 0.5) is 0 Å². The molecule has 0 bridgehead atoms. The fourth-order valence-electron chi connectivity index (χ4n) is 1.66. The number of nitrogens with zero attached hydrogens (tertiary/aromatic N) is 2. The first-order valence-electron chi connectivity index (χ1n) is 5.15. The molecule has 1 heterocycles. The lowest BCUT2D eigenvalue weighted by atomic mass is 10.3. The van der Waals surface area contributed by atoms with Crippen molar-refractivity contribution >= 4 is 49.5 Å². The number of hydrogen-bond acceptors (Lipinski definition) is 5. The molecule has 19 heavy (non-hydrogen) atoms. The van der Waals surface area contributed by atoms with Crippen molar-refractivity contribution in [3.8, 4) is 0 Å². The minimum Gasteiger partial charge on any atom is -0.411 e. The normalized spacial score (nSPS) is 12.5. The lowest BCUT2D eigenvalue weighted by molar-refractivity contribution is -0.663. The fraction of sp³-hybridized carbons (Fsp3) is 0.200. The van der Waals surface area contributed by atoms with Crippen LogP contribution in [0.25, 0.3) is 10.2 Å². The van der Waals surface area contributed by atoms with Gasteiger partial charge in [0.2, 0.25) is 5.52 Å². The maximum atomic E-state index is 10.8. The van der Waals surface area contributed by atoms with Crippen molar-refractivity contribution in [2.75, 3.05) is 5.75 Å². The van der Waals surface area contributed by atoms with Gasteiger partial charge in [-0.25, -0.2) is 0 Å². The van der Waals surface area contributed by atoms with E-state index in [9.17, 15) is 8.42 Å². The summed E-state index contributed by atoms with van der Waals surface area (Å²) in [7, 11) is -4.07. The van der Waals surface area contributed by atoms with Crippen molar-refractivity contribution in [2.24, 2.45) is 5.16 Å². The van der Waals surface area contributed by atoms with E-state index in [2.05, 4.69) is 5.16 Å². The van der Waals surface area contributed by atoms with E-state index in [1.54, 1.807) is 22.8 Å². The zero-order valence-corrected chi connectivity index (χ0v) is 11.9. The summed E-state index contributed by atoms with van der Waals surface area (Å²) >= 11 is 7.23. The maximum Gasteiger partial charge on any atom is 0.284 e. The first kappa shape index (κ1) is 14.2. The molecule has 0 aliphatic carbocycles. The third kappa shape index (κ3) is 3.41.